The summed E-state index contributed by atoms with van der Waals surface area (Å²) in [6.45, 7) is 17.0. The lowest BCUT2D eigenvalue weighted by atomic mass is 9.81. The maximum Gasteiger partial charge on any atom is 0.253 e. The Balaban J connectivity index is 0.575. The first kappa shape index (κ1) is 54.3. The van der Waals surface area contributed by atoms with Crippen LogP contribution in [0, 0.1) is 24.7 Å². The molecule has 9 heterocycles. The number of piperidine rings is 1. The minimum absolute atomic E-state index is 0.0814. The largest absolute Gasteiger partial charge is 0.507 e. The van der Waals surface area contributed by atoms with E-state index in [1.165, 1.54) is 17.7 Å². The van der Waals surface area contributed by atoms with Crippen molar-refractivity contribution in [2.24, 2.45) is 17.8 Å². The second kappa shape index (κ2) is 23.3. The minimum Gasteiger partial charge on any atom is -0.507 e. The summed E-state index contributed by atoms with van der Waals surface area (Å²) in [4.78, 5) is 65.6. The molecule has 0 spiro atoms. The number of aromatic amines is 1. The van der Waals surface area contributed by atoms with Gasteiger partial charge in [0.15, 0.2) is 17.2 Å². The van der Waals surface area contributed by atoms with Crippen LogP contribution in [0.1, 0.15) is 93.0 Å². The fourth-order valence-electron chi connectivity index (χ4n) is 12.9. The number of hydrogen-bond acceptors (Lipinski definition) is 17. The number of carbonyl (C=O) groups is 2. The number of aliphatic hydroxyl groups excluding tert-OH is 1. The summed E-state index contributed by atoms with van der Waals surface area (Å²) in [6.07, 6.45) is 6.28. The van der Waals surface area contributed by atoms with Crippen molar-refractivity contribution in [1.29, 1.82) is 0 Å². The number of fused-ring (bicyclic) bond motifs is 3. The Hall–Kier alpha value is -7.26. The van der Waals surface area contributed by atoms with Crippen LogP contribution < -0.4 is 25.4 Å². The van der Waals surface area contributed by atoms with Gasteiger partial charge in [-0.3, -0.25) is 19.3 Å². The molecule has 81 heavy (non-hydrogen) atoms. The zero-order valence-electron chi connectivity index (χ0n) is 46.5. The van der Waals surface area contributed by atoms with E-state index in [0.717, 1.165) is 115 Å². The molecule has 4 fully saturated rings. The number of nitrogens with zero attached hydrogens (tertiary/aromatic N) is 10. The first-order valence-electron chi connectivity index (χ1n) is 28.8. The van der Waals surface area contributed by atoms with Gasteiger partial charge in [-0.1, -0.05) is 55.4 Å². The molecule has 1 saturated carbocycles. The lowest BCUT2D eigenvalue weighted by Crippen LogP contribution is -2.49. The first-order chi connectivity index (χ1) is 39.3. The van der Waals surface area contributed by atoms with Crippen LogP contribution >= 0.6 is 11.3 Å². The predicted octanol–water partition coefficient (Wildman–Crippen LogP) is 7.34. The molecule has 4 N–H and O–H groups in total. The van der Waals surface area contributed by atoms with Gasteiger partial charge in [0.2, 0.25) is 17.7 Å². The van der Waals surface area contributed by atoms with Gasteiger partial charge in [-0.2, -0.15) is 0 Å². The second-order valence-corrected chi connectivity index (χ2v) is 24.2. The van der Waals surface area contributed by atoms with E-state index in [4.69, 9.17) is 9.26 Å². The maximum absolute atomic E-state index is 14.4. The van der Waals surface area contributed by atoms with Crippen LogP contribution in [0.3, 0.4) is 0 Å². The van der Waals surface area contributed by atoms with Crippen molar-refractivity contribution in [3.8, 4) is 33.3 Å². The van der Waals surface area contributed by atoms with Gasteiger partial charge in [0.1, 0.15) is 23.8 Å². The van der Waals surface area contributed by atoms with Crippen LogP contribution in [0.4, 0.5) is 11.5 Å². The standard InChI is InChI=1S/C61H72N12O7S/c1-36(2)56(61(78)73-33-44(74)28-51(73)60(77)64-37(3)41-9-11-42(12-10-41)57-38(4)63-35-81-57)53-30-54(68-80-53)71-23-21-70(22-24-71)31-39-14-18-69(19-15-39)32-40-25-45(26-40)79-55-27-43(13-17-62-55)72-20-16-46-49(34-72)48-29-50(47-7-5-6-8-52(47)75)66-67-58(48)65-59(46)76/h5-13,17,27,29-30,35-37,39-40,44-45,51,56,74-75H,14-16,18-26,28,31-34H2,1-4H3,(H,64,77)(H,65,67,76)/t37-,40?,44+,45?,51-,56+/m0/s1. The number of amides is 2. The maximum atomic E-state index is 14.4. The molecule has 12 rings (SSSR count). The number of thiazole rings is 1. The van der Waals surface area contributed by atoms with E-state index in [1.807, 2.05) is 87.8 Å². The highest BCUT2D eigenvalue weighted by Gasteiger charge is 2.44. The Kier molecular flexibility index (Phi) is 15.6. The smallest absolute Gasteiger partial charge is 0.253 e. The number of aliphatic hydroxyl groups is 1. The van der Waals surface area contributed by atoms with Gasteiger partial charge in [0, 0.05) is 106 Å². The number of para-hydroxylation sites is 1. The van der Waals surface area contributed by atoms with Gasteiger partial charge < -0.3 is 49.4 Å². The van der Waals surface area contributed by atoms with Crippen molar-refractivity contribution in [3.05, 3.63) is 123 Å². The van der Waals surface area contributed by atoms with Gasteiger partial charge in [0.05, 0.1) is 33.9 Å². The van der Waals surface area contributed by atoms with Crippen molar-refractivity contribution in [3.63, 3.8) is 0 Å². The average Bonchev–Trinajstić information content (AvgIpc) is 4.27. The quantitative estimate of drug-likeness (QED) is 0.0743. The number of β-amino-alcohol motifs (C(OH)–C–C–N with tert-alkyl or cyclic N) is 1. The number of likely N-dealkylation sites (tertiary alicyclic amines) is 2. The van der Waals surface area contributed by atoms with E-state index in [9.17, 15) is 24.6 Å². The number of pyridine rings is 2. The van der Waals surface area contributed by atoms with Crippen LogP contribution in [0.15, 0.2) is 93.8 Å². The molecule has 0 radical (unpaired) electrons. The van der Waals surface area contributed by atoms with Crippen molar-refractivity contribution in [2.45, 2.75) is 103 Å². The summed E-state index contributed by atoms with van der Waals surface area (Å²) in [7, 11) is 0. The number of benzene rings is 2. The van der Waals surface area contributed by atoms with Crippen molar-refractivity contribution >= 4 is 45.7 Å². The van der Waals surface area contributed by atoms with E-state index >= 15 is 0 Å². The molecule has 1 aliphatic carbocycles. The SMILES string of the molecule is Cc1ncsc1-c1ccc([C@H](C)NC(=O)[C@@H]2C[C@@H](O)CN2C(=O)[C@@H](c2cc(N3CCN(CC4CCN(CC5CC(Oc6cc(N7CCc8c(c9cc(-c%10ccccc%10O)nnc9[nH]c8=O)C7)ccn6)C5)CC4)CC3)no2)C(C)C)cc1. The topological polar surface area (TPSA) is 223 Å². The van der Waals surface area contributed by atoms with Gasteiger partial charge in [0.25, 0.3) is 5.56 Å². The number of phenolic OH excluding ortho intramolecular Hbond substituents is 1. The van der Waals surface area contributed by atoms with E-state index < -0.39 is 18.1 Å². The number of piperazine rings is 1. The third-order valence-corrected chi connectivity index (χ3v) is 18.5. The molecule has 2 amide bonds. The number of anilines is 2. The molecular formula is C61H72N12O7S. The van der Waals surface area contributed by atoms with Gasteiger partial charge in [-0.15, -0.1) is 21.5 Å². The monoisotopic (exact) mass is 1120 g/mol. The predicted molar refractivity (Wildman–Crippen MR) is 310 cm³/mol. The summed E-state index contributed by atoms with van der Waals surface area (Å²) in [5.74, 6) is 1.89. The Morgan fingerprint density at radius 3 is 2.38 bits per heavy atom. The van der Waals surface area contributed by atoms with Crippen molar-refractivity contribution in [1.82, 2.24) is 50.3 Å². The van der Waals surface area contributed by atoms with Gasteiger partial charge in [-0.05, 0) is 118 Å². The molecule has 3 saturated heterocycles. The van der Waals surface area contributed by atoms with E-state index in [2.05, 4.69) is 55.2 Å². The number of nitrogens with one attached hydrogen (secondary N) is 2. The third-order valence-electron chi connectivity index (χ3n) is 17.5. The lowest BCUT2D eigenvalue weighted by molar-refractivity contribution is -0.141. The molecule has 0 unspecified atom stereocenters. The number of H-pyrrole nitrogens is 1. The molecule has 19 nitrogen and oxygen atoms in total. The van der Waals surface area contributed by atoms with Gasteiger partial charge >= 0.3 is 0 Å². The van der Waals surface area contributed by atoms with E-state index in [0.29, 0.717) is 59.9 Å². The Bertz CT molecular complexity index is 3440. The van der Waals surface area contributed by atoms with Crippen LogP contribution in [0.5, 0.6) is 11.6 Å². The number of hydrogen-bond donors (Lipinski definition) is 4. The van der Waals surface area contributed by atoms with Crippen LogP contribution in [-0.2, 0) is 22.6 Å². The van der Waals surface area contributed by atoms with Gasteiger partial charge in [-0.25, -0.2) is 9.97 Å². The number of aryl methyl sites for hydroxylation is 1. The number of aromatic hydroxyl groups is 1. The van der Waals surface area contributed by atoms with Crippen LogP contribution in [0.2, 0.25) is 0 Å². The molecule has 7 aromatic rings. The highest BCUT2D eigenvalue weighted by molar-refractivity contribution is 7.13. The fraction of sp³-hybridized carbons (Fsp3) is 0.475. The molecule has 424 valence electrons. The Morgan fingerprint density at radius 1 is 0.864 bits per heavy atom. The molecule has 20 heteroatoms. The summed E-state index contributed by atoms with van der Waals surface area (Å²) in [5.41, 5.74) is 8.92. The molecule has 0 bridgehead atoms. The van der Waals surface area contributed by atoms with E-state index in [-0.39, 0.29) is 54.2 Å². The third kappa shape index (κ3) is 11.7. The summed E-state index contributed by atoms with van der Waals surface area (Å²) < 4.78 is 12.4. The highest BCUT2D eigenvalue weighted by Crippen LogP contribution is 2.38. The molecule has 5 aromatic heterocycles. The highest BCUT2D eigenvalue weighted by atomic mass is 32.1. The molecule has 2 aromatic carbocycles. The van der Waals surface area contributed by atoms with E-state index in [1.54, 1.807) is 35.7 Å². The molecule has 4 atom stereocenters. The molecular weight excluding hydrogens is 1040 g/mol. The van der Waals surface area contributed by atoms with Crippen LogP contribution in [0.25, 0.3) is 32.7 Å². The summed E-state index contributed by atoms with van der Waals surface area (Å²) in [5, 5.41) is 38.4. The second-order valence-electron chi connectivity index (χ2n) is 23.4. The number of phenols is 1. The summed E-state index contributed by atoms with van der Waals surface area (Å²) >= 11 is 1.60. The number of ether oxygens (including phenoxy) is 1. The number of rotatable bonds is 16. The minimum atomic E-state index is -0.806. The Labute approximate surface area is 475 Å². The lowest BCUT2D eigenvalue weighted by Gasteiger charge is -2.42. The van der Waals surface area contributed by atoms with Crippen molar-refractivity contribution < 1.29 is 29.1 Å². The zero-order chi connectivity index (χ0) is 55.9. The molecule has 5 aliphatic rings. The average molecular weight is 1120 g/mol. The van der Waals surface area contributed by atoms with Crippen LogP contribution in [-0.4, -0.2) is 151 Å². The normalized spacial score (nSPS) is 21.7. The zero-order valence-corrected chi connectivity index (χ0v) is 47.4. The summed E-state index contributed by atoms with van der Waals surface area (Å²) in [6, 6.07) is 21.9. The first-order valence-corrected chi connectivity index (χ1v) is 29.7. The number of aromatic nitrogens is 6. The Morgan fingerprint density at radius 2 is 1.63 bits per heavy atom. The number of carbonyl (C=O) groups excluding carboxylic acids is 2. The van der Waals surface area contributed by atoms with Crippen molar-refractivity contribution in [2.75, 3.05) is 75.2 Å². The fourth-order valence-corrected chi connectivity index (χ4v) is 13.7. The molecule has 4 aliphatic heterocycles.